The van der Waals surface area contributed by atoms with Gasteiger partial charge in [-0.25, -0.2) is 9.97 Å². The topological polar surface area (TPSA) is 46.1 Å². The number of hydrogen-bond acceptors (Lipinski definition) is 5. The molecule has 0 atom stereocenters. The molecule has 0 spiro atoms. The first-order chi connectivity index (χ1) is 12.3. The molecule has 0 aliphatic carbocycles. The van der Waals surface area contributed by atoms with Crippen LogP contribution >= 0.6 is 23.1 Å². The van der Waals surface area contributed by atoms with Gasteiger partial charge in [0, 0.05) is 13.2 Å². The smallest absolute Gasteiger partial charge is 0.338 e. The number of rotatable bonds is 5. The number of halogens is 3. The molecule has 2 heterocycles. The number of nitrogens with zero attached hydrogens (tertiary/aromatic N) is 3. The molecule has 26 heavy (non-hydrogen) atoms. The number of alkyl halides is 3. The molecule has 0 unspecified atom stereocenters. The molecule has 1 aromatic carbocycles. The molecule has 0 fully saturated rings. The zero-order valence-electron chi connectivity index (χ0n) is 13.7. The minimum Gasteiger partial charge on any atom is -0.338 e. The van der Waals surface area contributed by atoms with Crippen LogP contribution in [0.1, 0.15) is 10.6 Å². The lowest BCUT2D eigenvalue weighted by Gasteiger charge is -2.15. The molecular weight excluding hydrogens is 383 g/mol. The lowest BCUT2D eigenvalue weighted by molar-refractivity contribution is -0.138. The fourth-order valence-corrected chi connectivity index (χ4v) is 3.96. The van der Waals surface area contributed by atoms with Crippen LogP contribution in [0.25, 0.3) is 10.2 Å². The number of carbonyl (C=O) groups is 1. The van der Waals surface area contributed by atoms with Gasteiger partial charge in [0.05, 0.1) is 33.1 Å². The van der Waals surface area contributed by atoms with Crippen molar-refractivity contribution in [3.05, 3.63) is 53.2 Å². The Morgan fingerprint density at radius 2 is 2.00 bits per heavy atom. The first kappa shape index (κ1) is 18.7. The molecule has 0 aliphatic rings. The van der Waals surface area contributed by atoms with Crippen molar-refractivity contribution in [2.24, 2.45) is 0 Å². The molecule has 136 valence electrons. The van der Waals surface area contributed by atoms with Crippen LogP contribution in [-0.4, -0.2) is 33.6 Å². The van der Waals surface area contributed by atoms with E-state index in [-0.39, 0.29) is 11.7 Å². The van der Waals surface area contributed by atoms with Gasteiger partial charge in [0.25, 0.3) is 0 Å². The third-order valence-electron chi connectivity index (χ3n) is 3.54. The van der Waals surface area contributed by atoms with E-state index in [4.69, 9.17) is 0 Å². The normalized spacial score (nSPS) is 11.7. The second-order valence-corrected chi connectivity index (χ2v) is 7.61. The number of thiazole rings is 1. The summed E-state index contributed by atoms with van der Waals surface area (Å²) in [7, 11) is 1.68. The van der Waals surface area contributed by atoms with Crippen LogP contribution < -0.4 is 0 Å². The number of para-hydroxylation sites is 1. The highest BCUT2D eigenvalue weighted by Crippen LogP contribution is 2.29. The molecule has 9 heteroatoms. The molecule has 1 amide bonds. The first-order valence-electron chi connectivity index (χ1n) is 7.57. The number of carbonyl (C=O) groups excluding carboxylic acids is 1. The van der Waals surface area contributed by atoms with E-state index >= 15 is 0 Å². The van der Waals surface area contributed by atoms with Crippen LogP contribution in [0.3, 0.4) is 0 Å². The number of pyridine rings is 1. The van der Waals surface area contributed by atoms with Gasteiger partial charge in [-0.15, -0.1) is 11.3 Å². The fourth-order valence-electron chi connectivity index (χ4n) is 2.16. The zero-order valence-corrected chi connectivity index (χ0v) is 15.3. The van der Waals surface area contributed by atoms with Crippen molar-refractivity contribution in [3.63, 3.8) is 0 Å². The van der Waals surface area contributed by atoms with E-state index < -0.39 is 11.7 Å². The Morgan fingerprint density at radius 1 is 1.23 bits per heavy atom. The molecular formula is C17H14F3N3OS2. The maximum Gasteiger partial charge on any atom is 0.417 e. The molecule has 0 N–H and O–H groups in total. The summed E-state index contributed by atoms with van der Waals surface area (Å²) in [6.07, 6.45) is -3.64. The summed E-state index contributed by atoms with van der Waals surface area (Å²) in [6.45, 7) is 0.388. The number of thioether (sulfide) groups is 1. The van der Waals surface area contributed by atoms with Crippen molar-refractivity contribution in [1.29, 1.82) is 0 Å². The molecule has 0 radical (unpaired) electrons. The van der Waals surface area contributed by atoms with Crippen molar-refractivity contribution in [2.45, 2.75) is 17.7 Å². The Morgan fingerprint density at radius 3 is 2.65 bits per heavy atom. The molecule has 0 aliphatic heterocycles. The Labute approximate surface area is 156 Å². The van der Waals surface area contributed by atoms with E-state index in [9.17, 15) is 18.0 Å². The minimum atomic E-state index is -4.41. The van der Waals surface area contributed by atoms with Crippen LogP contribution in [0.15, 0.2) is 47.6 Å². The maximum atomic E-state index is 12.5. The summed E-state index contributed by atoms with van der Waals surface area (Å²) < 4.78 is 38.6. The van der Waals surface area contributed by atoms with E-state index in [2.05, 4.69) is 9.97 Å². The van der Waals surface area contributed by atoms with Crippen molar-refractivity contribution >= 4 is 39.2 Å². The lowest BCUT2D eigenvalue weighted by atomic mass is 10.3. The lowest BCUT2D eigenvalue weighted by Crippen LogP contribution is -2.27. The van der Waals surface area contributed by atoms with Crippen molar-refractivity contribution in [3.8, 4) is 0 Å². The molecule has 0 bridgehead atoms. The Hall–Kier alpha value is -2.13. The standard InChI is InChI=1S/C17H14F3N3OS2/c1-23(9-15-22-12-4-2-3-5-13(12)26-15)16(24)10-25-14-7-6-11(8-21-14)17(18,19)20/h2-8H,9-10H2,1H3. The van der Waals surface area contributed by atoms with Gasteiger partial charge in [-0.05, 0) is 24.3 Å². The van der Waals surface area contributed by atoms with Crippen LogP contribution in [-0.2, 0) is 17.5 Å². The number of hydrogen-bond donors (Lipinski definition) is 0. The Balaban J connectivity index is 1.55. The van der Waals surface area contributed by atoms with E-state index in [0.29, 0.717) is 11.6 Å². The monoisotopic (exact) mass is 397 g/mol. The number of amides is 1. The van der Waals surface area contributed by atoms with E-state index in [1.165, 1.54) is 17.4 Å². The second kappa shape index (κ2) is 7.63. The predicted molar refractivity (Wildman–Crippen MR) is 96.1 cm³/mol. The van der Waals surface area contributed by atoms with Crippen LogP contribution in [0.2, 0.25) is 0 Å². The number of benzene rings is 1. The van der Waals surface area contributed by atoms with Gasteiger partial charge in [0.1, 0.15) is 5.01 Å². The van der Waals surface area contributed by atoms with Gasteiger partial charge in [0.15, 0.2) is 0 Å². The highest BCUT2D eigenvalue weighted by molar-refractivity contribution is 7.99. The molecule has 2 aromatic heterocycles. The summed E-state index contributed by atoms with van der Waals surface area (Å²) in [5.74, 6) is -0.0457. The van der Waals surface area contributed by atoms with E-state index in [1.54, 1.807) is 11.9 Å². The third kappa shape index (κ3) is 4.53. The molecule has 0 saturated heterocycles. The van der Waals surface area contributed by atoms with Crippen LogP contribution in [0.4, 0.5) is 13.2 Å². The Kier molecular flexibility index (Phi) is 5.47. The highest BCUT2D eigenvalue weighted by Gasteiger charge is 2.30. The molecule has 3 aromatic rings. The second-order valence-electron chi connectivity index (χ2n) is 5.50. The number of aromatic nitrogens is 2. The minimum absolute atomic E-state index is 0.0970. The fraction of sp³-hybridized carbons (Fsp3) is 0.235. The highest BCUT2D eigenvalue weighted by atomic mass is 32.2. The first-order valence-corrected chi connectivity index (χ1v) is 9.37. The zero-order chi connectivity index (χ0) is 18.7. The van der Waals surface area contributed by atoms with Crippen LogP contribution in [0.5, 0.6) is 0 Å². The van der Waals surface area contributed by atoms with E-state index in [1.807, 2.05) is 24.3 Å². The van der Waals surface area contributed by atoms with Gasteiger partial charge >= 0.3 is 6.18 Å². The average Bonchev–Trinajstić information content (AvgIpc) is 3.01. The average molecular weight is 397 g/mol. The summed E-state index contributed by atoms with van der Waals surface area (Å²) in [5, 5.41) is 1.21. The summed E-state index contributed by atoms with van der Waals surface area (Å²) in [5.41, 5.74) is 0.0952. The Bertz CT molecular complexity index is 877. The van der Waals surface area contributed by atoms with Gasteiger partial charge in [-0.2, -0.15) is 13.2 Å². The SMILES string of the molecule is CN(Cc1nc2ccccc2s1)C(=O)CSc1ccc(C(F)(F)F)cn1. The molecule has 4 nitrogen and oxygen atoms in total. The summed E-state index contributed by atoms with van der Waals surface area (Å²) >= 11 is 2.64. The van der Waals surface area contributed by atoms with Gasteiger partial charge < -0.3 is 4.90 Å². The van der Waals surface area contributed by atoms with Crippen molar-refractivity contribution in [2.75, 3.05) is 12.8 Å². The van der Waals surface area contributed by atoms with Crippen LogP contribution in [0, 0.1) is 0 Å². The van der Waals surface area contributed by atoms with Crippen molar-refractivity contribution in [1.82, 2.24) is 14.9 Å². The van der Waals surface area contributed by atoms with E-state index in [0.717, 1.165) is 39.2 Å². The summed E-state index contributed by atoms with van der Waals surface area (Å²) in [4.78, 5) is 22.0. The quantitative estimate of drug-likeness (QED) is 0.597. The predicted octanol–water partition coefficient (Wildman–Crippen LogP) is 4.46. The van der Waals surface area contributed by atoms with Gasteiger partial charge in [0.2, 0.25) is 5.91 Å². The third-order valence-corrected chi connectivity index (χ3v) is 5.49. The largest absolute Gasteiger partial charge is 0.417 e. The molecule has 0 saturated carbocycles. The maximum absolute atomic E-state index is 12.5. The number of fused-ring (bicyclic) bond motifs is 1. The van der Waals surface area contributed by atoms with Gasteiger partial charge in [-0.1, -0.05) is 23.9 Å². The molecule has 3 rings (SSSR count). The summed E-state index contributed by atoms with van der Waals surface area (Å²) in [6, 6.07) is 9.98. The van der Waals surface area contributed by atoms with Gasteiger partial charge in [-0.3, -0.25) is 4.79 Å². The van der Waals surface area contributed by atoms with Crippen molar-refractivity contribution < 1.29 is 18.0 Å².